The van der Waals surface area contributed by atoms with Crippen molar-refractivity contribution in [1.29, 1.82) is 0 Å². The summed E-state index contributed by atoms with van der Waals surface area (Å²) in [5, 5.41) is 0. The highest BCUT2D eigenvalue weighted by Crippen LogP contribution is 1.90. The van der Waals surface area contributed by atoms with Crippen LogP contribution >= 0.6 is 0 Å². The van der Waals surface area contributed by atoms with Gasteiger partial charge in [0.25, 0.3) is 0 Å². The molecule has 0 N–H and O–H groups in total. The normalized spacial score (nSPS) is 11.4. The van der Waals surface area contributed by atoms with Gasteiger partial charge in [0.05, 0.1) is 18.1 Å². The van der Waals surface area contributed by atoms with Gasteiger partial charge in [0.1, 0.15) is 0 Å². The third-order valence-electron chi connectivity index (χ3n) is 1.05. The molecule has 0 aliphatic heterocycles. The maximum absolute atomic E-state index is 10.9. The zero-order chi connectivity index (χ0) is 8.74. The summed E-state index contributed by atoms with van der Waals surface area (Å²) in [6.07, 6.45) is 1.37. The molecule has 0 aromatic rings. The molecule has 0 amide bonds. The van der Waals surface area contributed by atoms with Crippen LogP contribution in [0.3, 0.4) is 0 Å². The first-order valence-electron chi connectivity index (χ1n) is 3.30. The average Bonchev–Trinajstić information content (AvgIpc) is 1.87. The molecule has 0 aliphatic rings. The zero-order valence-corrected chi connectivity index (χ0v) is 7.27. The molecule has 0 saturated heterocycles. The van der Waals surface area contributed by atoms with Crippen LogP contribution in [-0.2, 0) is 14.6 Å². The van der Waals surface area contributed by atoms with Crippen LogP contribution in [-0.4, -0.2) is 33.1 Å². The molecule has 0 fully saturated rings. The molecule has 0 aromatic heterocycles. The molecule has 0 heterocycles. The molecule has 0 aromatic carbocycles. The maximum atomic E-state index is 10.9. The van der Waals surface area contributed by atoms with Gasteiger partial charge in [-0.05, 0) is 6.92 Å². The third kappa shape index (κ3) is 6.06. The Hall–Kier alpha value is -0.350. The van der Waals surface area contributed by atoms with Crippen LogP contribution in [0.1, 0.15) is 0 Å². The van der Waals surface area contributed by atoms with E-state index in [1.54, 1.807) is 0 Å². The lowest BCUT2D eigenvalue weighted by Crippen LogP contribution is -2.14. The van der Waals surface area contributed by atoms with E-state index in [4.69, 9.17) is 4.74 Å². The maximum Gasteiger partial charge on any atom is 0.156 e. The van der Waals surface area contributed by atoms with Gasteiger partial charge in [0.15, 0.2) is 9.84 Å². The molecule has 0 spiro atoms. The van der Waals surface area contributed by atoms with Gasteiger partial charge < -0.3 is 4.74 Å². The Balaban J connectivity index is 3.65. The summed E-state index contributed by atoms with van der Waals surface area (Å²) >= 11 is 0. The molecule has 0 bridgehead atoms. The molecule has 11 heavy (non-hydrogen) atoms. The van der Waals surface area contributed by atoms with Gasteiger partial charge in [-0.2, -0.15) is 0 Å². The van der Waals surface area contributed by atoms with Gasteiger partial charge in [-0.3, -0.25) is 0 Å². The molecule has 0 aliphatic carbocycles. The smallest absolute Gasteiger partial charge is 0.156 e. The van der Waals surface area contributed by atoms with E-state index in [1.165, 1.54) is 6.08 Å². The summed E-state index contributed by atoms with van der Waals surface area (Å²) in [7, 11) is -2.97. The SMILES string of the molecule is [CH2]COCCS(=O)(=O)CC=C. The summed E-state index contributed by atoms with van der Waals surface area (Å²) < 4.78 is 26.7. The zero-order valence-electron chi connectivity index (χ0n) is 6.45. The monoisotopic (exact) mass is 177 g/mol. The Morgan fingerprint density at radius 2 is 2.09 bits per heavy atom. The molecule has 0 atom stereocenters. The third-order valence-corrected chi connectivity index (χ3v) is 2.59. The van der Waals surface area contributed by atoms with E-state index in [2.05, 4.69) is 13.5 Å². The lowest BCUT2D eigenvalue weighted by atomic mass is 10.8. The highest BCUT2D eigenvalue weighted by molar-refractivity contribution is 7.91. The first kappa shape index (κ1) is 10.7. The number of hydrogen-bond acceptors (Lipinski definition) is 3. The van der Waals surface area contributed by atoms with Gasteiger partial charge in [0.2, 0.25) is 0 Å². The van der Waals surface area contributed by atoms with E-state index in [9.17, 15) is 8.42 Å². The molecule has 1 radical (unpaired) electrons. The lowest BCUT2D eigenvalue weighted by molar-refractivity contribution is 0.177. The van der Waals surface area contributed by atoms with Crippen molar-refractivity contribution in [2.75, 3.05) is 24.7 Å². The quantitative estimate of drug-likeness (QED) is 0.436. The van der Waals surface area contributed by atoms with E-state index in [1.807, 2.05) is 0 Å². The van der Waals surface area contributed by atoms with Crippen molar-refractivity contribution < 1.29 is 13.2 Å². The topological polar surface area (TPSA) is 43.4 Å². The van der Waals surface area contributed by atoms with Crippen LogP contribution in [0.25, 0.3) is 0 Å². The predicted octanol–water partition coefficient (Wildman–Crippen LogP) is 0.438. The van der Waals surface area contributed by atoms with Crippen molar-refractivity contribution in [3.05, 3.63) is 19.6 Å². The van der Waals surface area contributed by atoms with E-state index >= 15 is 0 Å². The van der Waals surface area contributed by atoms with Gasteiger partial charge in [-0.1, -0.05) is 6.08 Å². The molecule has 4 heteroatoms. The van der Waals surface area contributed by atoms with Crippen molar-refractivity contribution in [2.45, 2.75) is 0 Å². The second kappa shape index (κ2) is 5.32. The first-order chi connectivity index (χ1) is 5.12. The van der Waals surface area contributed by atoms with E-state index in [-0.39, 0.29) is 18.1 Å². The highest BCUT2D eigenvalue weighted by Gasteiger charge is 2.06. The Labute approximate surface area is 68.0 Å². The van der Waals surface area contributed by atoms with Crippen LogP contribution in [0, 0.1) is 6.92 Å². The minimum Gasteiger partial charge on any atom is -0.380 e. The summed E-state index contributed by atoms with van der Waals surface area (Å²) in [6.45, 7) is 7.29. The van der Waals surface area contributed by atoms with Gasteiger partial charge >= 0.3 is 0 Å². The Bertz CT molecular complexity index is 194. The predicted molar refractivity (Wildman–Crippen MR) is 45.0 cm³/mol. The van der Waals surface area contributed by atoms with Crippen molar-refractivity contribution >= 4 is 9.84 Å². The number of sulfone groups is 1. The van der Waals surface area contributed by atoms with Crippen molar-refractivity contribution in [2.24, 2.45) is 0 Å². The molecular weight excluding hydrogens is 164 g/mol. The van der Waals surface area contributed by atoms with Gasteiger partial charge in [0, 0.05) is 6.61 Å². The van der Waals surface area contributed by atoms with Crippen LogP contribution in [0.5, 0.6) is 0 Å². The molecule has 3 nitrogen and oxygen atoms in total. The average molecular weight is 177 g/mol. The fourth-order valence-electron chi connectivity index (χ4n) is 0.551. The van der Waals surface area contributed by atoms with Crippen molar-refractivity contribution in [1.82, 2.24) is 0 Å². The molecule has 65 valence electrons. The Kier molecular flexibility index (Phi) is 5.15. The highest BCUT2D eigenvalue weighted by atomic mass is 32.2. The van der Waals surface area contributed by atoms with Crippen molar-refractivity contribution in [3.63, 3.8) is 0 Å². The Morgan fingerprint density at radius 1 is 1.45 bits per heavy atom. The van der Waals surface area contributed by atoms with Crippen LogP contribution < -0.4 is 0 Å². The molecule has 0 saturated carbocycles. The van der Waals surface area contributed by atoms with E-state index < -0.39 is 9.84 Å². The fourth-order valence-corrected chi connectivity index (χ4v) is 1.45. The van der Waals surface area contributed by atoms with E-state index in [0.717, 1.165) is 0 Å². The Morgan fingerprint density at radius 3 is 2.55 bits per heavy atom. The van der Waals surface area contributed by atoms with Gasteiger partial charge in [-0.15, -0.1) is 6.58 Å². The van der Waals surface area contributed by atoms with E-state index in [0.29, 0.717) is 6.61 Å². The largest absolute Gasteiger partial charge is 0.380 e. The van der Waals surface area contributed by atoms with Gasteiger partial charge in [-0.25, -0.2) is 8.42 Å². The van der Waals surface area contributed by atoms with Crippen LogP contribution in [0.4, 0.5) is 0 Å². The molecule has 0 unspecified atom stereocenters. The number of ether oxygens (including phenoxy) is 1. The standard InChI is InChI=1S/C7H13O3S/c1-3-6-11(8,9)7-5-10-4-2/h3H,1-2,4-7H2. The second-order valence-electron chi connectivity index (χ2n) is 2.02. The molecular formula is C7H13O3S. The van der Waals surface area contributed by atoms with Crippen LogP contribution in [0.15, 0.2) is 12.7 Å². The summed E-state index contributed by atoms with van der Waals surface area (Å²) in [4.78, 5) is 0. The summed E-state index contributed by atoms with van der Waals surface area (Å²) in [5.41, 5.74) is 0. The van der Waals surface area contributed by atoms with Crippen molar-refractivity contribution in [3.8, 4) is 0 Å². The lowest BCUT2D eigenvalue weighted by Gasteiger charge is -2.00. The summed E-state index contributed by atoms with van der Waals surface area (Å²) in [5.74, 6) is 0.0715. The number of rotatable bonds is 6. The minimum absolute atomic E-state index is 0.0213. The molecule has 0 rings (SSSR count). The summed E-state index contributed by atoms with van der Waals surface area (Å²) in [6, 6.07) is 0. The fraction of sp³-hybridized carbons (Fsp3) is 0.571. The first-order valence-corrected chi connectivity index (χ1v) is 5.13. The van der Waals surface area contributed by atoms with Crippen LogP contribution in [0.2, 0.25) is 0 Å². The second-order valence-corrected chi connectivity index (χ2v) is 4.24. The number of hydrogen-bond donors (Lipinski definition) is 0. The minimum atomic E-state index is -2.97.